The van der Waals surface area contributed by atoms with E-state index in [4.69, 9.17) is 14.0 Å². The number of aromatic nitrogens is 2. The van der Waals surface area contributed by atoms with E-state index in [1.807, 2.05) is 32.0 Å². The largest absolute Gasteiger partial charge is 0.493 e. The van der Waals surface area contributed by atoms with Gasteiger partial charge in [0.05, 0.1) is 20.8 Å². The maximum atomic E-state index is 12.4. The maximum Gasteiger partial charge on any atom is 0.246 e. The zero-order chi connectivity index (χ0) is 21.7. The van der Waals surface area contributed by atoms with Crippen LogP contribution in [0.1, 0.15) is 23.9 Å². The number of ether oxygens (including phenoxy) is 2. The van der Waals surface area contributed by atoms with Crippen LogP contribution < -0.4 is 20.1 Å². The number of benzene rings is 2. The number of carbonyl (C=O) groups excluding carboxylic acids is 1. The molecule has 0 spiro atoms. The van der Waals surface area contributed by atoms with Crippen molar-refractivity contribution in [3.05, 3.63) is 53.4 Å². The van der Waals surface area contributed by atoms with E-state index in [0.29, 0.717) is 23.2 Å². The normalized spacial score (nSPS) is 11.6. The summed E-state index contributed by atoms with van der Waals surface area (Å²) in [5.74, 6) is 1.73. The fraction of sp³-hybridized carbons (Fsp3) is 0.318. The number of nitrogens with one attached hydrogen (secondary N) is 2. The number of hydrogen-bond acceptors (Lipinski definition) is 7. The van der Waals surface area contributed by atoms with Gasteiger partial charge in [-0.15, -0.1) is 0 Å². The van der Waals surface area contributed by atoms with Gasteiger partial charge in [0.2, 0.25) is 17.6 Å². The van der Waals surface area contributed by atoms with Gasteiger partial charge in [0.1, 0.15) is 6.04 Å². The van der Waals surface area contributed by atoms with Gasteiger partial charge >= 0.3 is 0 Å². The average molecular weight is 410 g/mol. The lowest BCUT2D eigenvalue weighted by Gasteiger charge is -2.16. The Morgan fingerprint density at radius 1 is 1.10 bits per heavy atom. The van der Waals surface area contributed by atoms with Gasteiger partial charge in [-0.05, 0) is 50.6 Å². The lowest BCUT2D eigenvalue weighted by molar-refractivity contribution is -0.121. The molecule has 1 aromatic heterocycles. The number of nitrogens with zero attached hydrogens (tertiary/aromatic N) is 2. The highest BCUT2D eigenvalue weighted by Crippen LogP contribution is 2.31. The summed E-state index contributed by atoms with van der Waals surface area (Å²) < 4.78 is 15.8. The minimum absolute atomic E-state index is 0.137. The van der Waals surface area contributed by atoms with Crippen molar-refractivity contribution in [3.8, 4) is 22.9 Å². The summed E-state index contributed by atoms with van der Waals surface area (Å²) in [4.78, 5) is 16.8. The first kappa shape index (κ1) is 21.2. The van der Waals surface area contributed by atoms with Crippen molar-refractivity contribution in [2.45, 2.75) is 33.4 Å². The number of amides is 1. The van der Waals surface area contributed by atoms with E-state index >= 15 is 0 Å². The fourth-order valence-corrected chi connectivity index (χ4v) is 3.01. The van der Waals surface area contributed by atoms with Gasteiger partial charge in [-0.2, -0.15) is 4.98 Å². The van der Waals surface area contributed by atoms with Crippen LogP contribution in [0, 0.1) is 13.8 Å². The molecule has 2 aromatic carbocycles. The molecular weight excluding hydrogens is 384 g/mol. The molecule has 1 amide bonds. The van der Waals surface area contributed by atoms with E-state index < -0.39 is 6.04 Å². The third kappa shape index (κ3) is 4.89. The number of anilines is 1. The molecule has 3 aromatic rings. The van der Waals surface area contributed by atoms with Crippen LogP contribution >= 0.6 is 0 Å². The van der Waals surface area contributed by atoms with Gasteiger partial charge < -0.3 is 24.6 Å². The first-order valence-electron chi connectivity index (χ1n) is 9.57. The Kier molecular flexibility index (Phi) is 6.56. The summed E-state index contributed by atoms with van der Waals surface area (Å²) in [6.45, 7) is 5.98. The SMILES string of the molecule is COc1ccc(-c2noc(CNC(=O)C(C)Nc3ccc(C)cc3C)n2)cc1OC. The van der Waals surface area contributed by atoms with Crippen LogP contribution in [0.3, 0.4) is 0 Å². The minimum atomic E-state index is -0.417. The van der Waals surface area contributed by atoms with Gasteiger partial charge in [0, 0.05) is 11.3 Å². The molecule has 1 unspecified atom stereocenters. The van der Waals surface area contributed by atoms with Crippen LogP contribution in [-0.2, 0) is 11.3 Å². The third-order valence-corrected chi connectivity index (χ3v) is 4.67. The number of rotatable bonds is 8. The smallest absolute Gasteiger partial charge is 0.246 e. The second-order valence-corrected chi connectivity index (χ2v) is 6.98. The van der Waals surface area contributed by atoms with Crippen molar-refractivity contribution in [1.29, 1.82) is 0 Å². The molecule has 0 aliphatic rings. The molecule has 8 nitrogen and oxygen atoms in total. The van der Waals surface area contributed by atoms with E-state index in [1.165, 1.54) is 5.56 Å². The van der Waals surface area contributed by atoms with E-state index in [0.717, 1.165) is 16.8 Å². The van der Waals surface area contributed by atoms with Crippen molar-refractivity contribution in [2.75, 3.05) is 19.5 Å². The van der Waals surface area contributed by atoms with Crippen LogP contribution in [-0.4, -0.2) is 36.3 Å². The summed E-state index contributed by atoms with van der Waals surface area (Å²) in [7, 11) is 3.13. The van der Waals surface area contributed by atoms with E-state index in [9.17, 15) is 4.79 Å². The van der Waals surface area contributed by atoms with Crippen molar-refractivity contribution in [3.63, 3.8) is 0 Å². The lowest BCUT2D eigenvalue weighted by atomic mass is 10.1. The number of methoxy groups -OCH3 is 2. The van der Waals surface area contributed by atoms with Crippen LogP contribution in [0.5, 0.6) is 11.5 Å². The van der Waals surface area contributed by atoms with E-state index in [2.05, 4.69) is 26.8 Å². The predicted octanol–water partition coefficient (Wildman–Crippen LogP) is 3.49. The van der Waals surface area contributed by atoms with Gasteiger partial charge in [-0.3, -0.25) is 4.79 Å². The molecule has 0 bridgehead atoms. The van der Waals surface area contributed by atoms with E-state index in [1.54, 1.807) is 33.3 Å². The number of hydrogen-bond donors (Lipinski definition) is 2. The Hall–Kier alpha value is -3.55. The topological polar surface area (TPSA) is 98.5 Å². The van der Waals surface area contributed by atoms with Crippen molar-refractivity contribution >= 4 is 11.6 Å². The molecule has 30 heavy (non-hydrogen) atoms. The Balaban J connectivity index is 1.60. The summed E-state index contributed by atoms with van der Waals surface area (Å²) >= 11 is 0. The molecule has 0 fully saturated rings. The molecule has 158 valence electrons. The fourth-order valence-electron chi connectivity index (χ4n) is 3.01. The Morgan fingerprint density at radius 2 is 1.87 bits per heavy atom. The third-order valence-electron chi connectivity index (χ3n) is 4.67. The van der Waals surface area contributed by atoms with E-state index in [-0.39, 0.29) is 12.5 Å². The summed E-state index contributed by atoms with van der Waals surface area (Å²) in [6, 6.07) is 11.0. The van der Waals surface area contributed by atoms with Crippen LogP contribution in [0.2, 0.25) is 0 Å². The molecule has 0 aliphatic carbocycles. The maximum absolute atomic E-state index is 12.4. The van der Waals surface area contributed by atoms with Gasteiger partial charge in [-0.1, -0.05) is 22.9 Å². The molecule has 0 radical (unpaired) electrons. The zero-order valence-electron chi connectivity index (χ0n) is 17.8. The van der Waals surface area contributed by atoms with Crippen LogP contribution in [0.4, 0.5) is 5.69 Å². The number of carbonyl (C=O) groups is 1. The molecule has 1 atom stereocenters. The summed E-state index contributed by atoms with van der Waals surface area (Å²) in [5, 5.41) is 10.0. The van der Waals surface area contributed by atoms with Gasteiger partial charge in [0.15, 0.2) is 11.5 Å². The standard InChI is InChI=1S/C22H26N4O4/c1-13-6-8-17(14(2)10-13)24-15(3)22(27)23-12-20-25-21(26-30-20)16-7-9-18(28-4)19(11-16)29-5/h6-11,15,24H,12H2,1-5H3,(H,23,27). The molecule has 3 rings (SSSR count). The van der Waals surface area contributed by atoms with Crippen LogP contribution in [0.25, 0.3) is 11.4 Å². The van der Waals surface area contributed by atoms with Crippen molar-refractivity contribution in [2.24, 2.45) is 0 Å². The highest BCUT2D eigenvalue weighted by Gasteiger charge is 2.16. The molecule has 1 heterocycles. The molecular formula is C22H26N4O4. The molecule has 0 saturated heterocycles. The summed E-state index contributed by atoms with van der Waals surface area (Å²) in [6.07, 6.45) is 0. The van der Waals surface area contributed by atoms with Crippen LogP contribution in [0.15, 0.2) is 40.9 Å². The van der Waals surface area contributed by atoms with Crippen molar-refractivity contribution in [1.82, 2.24) is 15.5 Å². The molecule has 0 aliphatic heterocycles. The Bertz CT molecular complexity index is 1030. The lowest BCUT2D eigenvalue weighted by Crippen LogP contribution is -2.37. The first-order chi connectivity index (χ1) is 14.4. The minimum Gasteiger partial charge on any atom is -0.493 e. The second kappa shape index (κ2) is 9.30. The molecule has 0 saturated carbocycles. The quantitative estimate of drug-likeness (QED) is 0.586. The monoisotopic (exact) mass is 410 g/mol. The Labute approximate surface area is 175 Å². The van der Waals surface area contributed by atoms with Gasteiger partial charge in [-0.25, -0.2) is 0 Å². The summed E-state index contributed by atoms with van der Waals surface area (Å²) in [5.41, 5.74) is 3.92. The van der Waals surface area contributed by atoms with Crippen molar-refractivity contribution < 1.29 is 18.8 Å². The van der Waals surface area contributed by atoms with Gasteiger partial charge in [0.25, 0.3) is 0 Å². The second-order valence-electron chi connectivity index (χ2n) is 6.98. The zero-order valence-corrected chi connectivity index (χ0v) is 17.8. The molecule has 8 heteroatoms. The predicted molar refractivity (Wildman–Crippen MR) is 114 cm³/mol. The molecule has 2 N–H and O–H groups in total. The average Bonchev–Trinajstić information content (AvgIpc) is 3.22. The number of aryl methyl sites for hydroxylation is 2. The Morgan fingerprint density at radius 3 is 2.57 bits per heavy atom. The highest BCUT2D eigenvalue weighted by molar-refractivity contribution is 5.84. The first-order valence-corrected chi connectivity index (χ1v) is 9.57. The highest BCUT2D eigenvalue weighted by atomic mass is 16.5.